The summed E-state index contributed by atoms with van der Waals surface area (Å²) in [6, 6.07) is 12.3. The van der Waals surface area contributed by atoms with Gasteiger partial charge in [0.25, 0.3) is 0 Å². The van der Waals surface area contributed by atoms with Crippen LogP contribution < -0.4 is 10.1 Å². The first-order valence-corrected chi connectivity index (χ1v) is 7.35. The molecule has 3 heteroatoms. The van der Waals surface area contributed by atoms with Crippen LogP contribution in [0, 0.1) is 6.92 Å². The van der Waals surface area contributed by atoms with E-state index in [0.717, 1.165) is 40.6 Å². The van der Waals surface area contributed by atoms with Crippen molar-refractivity contribution in [3.05, 3.63) is 58.1 Å². The maximum atomic E-state index is 6.24. The summed E-state index contributed by atoms with van der Waals surface area (Å²) < 4.78 is 5.96. The molecule has 2 nitrogen and oxygen atoms in total. The minimum atomic E-state index is 0.497. The predicted octanol–water partition coefficient (Wildman–Crippen LogP) is 4.59. The normalized spacial score (nSPS) is 13.5. The van der Waals surface area contributed by atoms with E-state index in [0.29, 0.717) is 6.61 Å². The lowest BCUT2D eigenvalue weighted by molar-refractivity contribution is 0.307. The Labute approximate surface area is 124 Å². The van der Waals surface area contributed by atoms with E-state index in [4.69, 9.17) is 16.3 Å². The molecule has 0 atom stereocenters. The zero-order valence-corrected chi connectivity index (χ0v) is 12.3. The van der Waals surface area contributed by atoms with Gasteiger partial charge in [-0.1, -0.05) is 35.9 Å². The van der Waals surface area contributed by atoms with Crippen molar-refractivity contribution in [2.24, 2.45) is 0 Å². The molecule has 1 heterocycles. The van der Waals surface area contributed by atoms with Gasteiger partial charge in [0, 0.05) is 17.1 Å². The lowest BCUT2D eigenvalue weighted by atomic mass is 10.0. The van der Waals surface area contributed by atoms with Crippen molar-refractivity contribution in [3.63, 3.8) is 0 Å². The van der Waals surface area contributed by atoms with E-state index in [-0.39, 0.29) is 0 Å². The van der Waals surface area contributed by atoms with E-state index in [1.165, 1.54) is 12.0 Å². The smallest absolute Gasteiger partial charge is 0.143 e. The number of anilines is 1. The van der Waals surface area contributed by atoms with Gasteiger partial charge in [0.1, 0.15) is 12.4 Å². The summed E-state index contributed by atoms with van der Waals surface area (Å²) >= 11 is 6.24. The fourth-order valence-electron chi connectivity index (χ4n) is 2.52. The summed E-state index contributed by atoms with van der Waals surface area (Å²) in [5.41, 5.74) is 4.66. The molecule has 0 bridgehead atoms. The lowest BCUT2D eigenvalue weighted by Gasteiger charge is -2.21. The molecule has 0 saturated heterocycles. The fourth-order valence-corrected chi connectivity index (χ4v) is 2.81. The van der Waals surface area contributed by atoms with E-state index in [9.17, 15) is 0 Å². The molecule has 2 aromatic carbocycles. The average Bonchev–Trinajstić information content (AvgIpc) is 2.46. The number of benzene rings is 2. The molecule has 0 aliphatic carbocycles. The first-order chi connectivity index (χ1) is 9.74. The van der Waals surface area contributed by atoms with Crippen molar-refractivity contribution >= 4 is 17.3 Å². The van der Waals surface area contributed by atoms with Crippen molar-refractivity contribution in [3.8, 4) is 5.75 Å². The predicted molar refractivity (Wildman–Crippen MR) is 83.8 cm³/mol. The van der Waals surface area contributed by atoms with E-state index in [1.807, 2.05) is 25.1 Å². The second-order valence-corrected chi connectivity index (χ2v) is 5.61. The molecule has 0 spiro atoms. The van der Waals surface area contributed by atoms with Crippen LogP contribution >= 0.6 is 11.6 Å². The first kappa shape index (κ1) is 13.3. The third kappa shape index (κ3) is 2.75. The van der Waals surface area contributed by atoms with Gasteiger partial charge in [-0.25, -0.2) is 0 Å². The maximum Gasteiger partial charge on any atom is 0.143 e. The Kier molecular flexibility index (Phi) is 3.83. The highest BCUT2D eigenvalue weighted by atomic mass is 35.5. The van der Waals surface area contributed by atoms with Crippen LogP contribution in [-0.2, 0) is 13.0 Å². The van der Waals surface area contributed by atoms with Crippen molar-refractivity contribution in [2.45, 2.75) is 26.4 Å². The van der Waals surface area contributed by atoms with Crippen LogP contribution in [0.5, 0.6) is 5.75 Å². The van der Waals surface area contributed by atoms with Gasteiger partial charge in [0.05, 0.1) is 5.69 Å². The van der Waals surface area contributed by atoms with Crippen LogP contribution in [0.25, 0.3) is 0 Å². The second-order valence-electron chi connectivity index (χ2n) is 5.20. The summed E-state index contributed by atoms with van der Waals surface area (Å²) in [6.07, 6.45) is 2.30. The first-order valence-electron chi connectivity index (χ1n) is 6.97. The molecule has 0 saturated carbocycles. The van der Waals surface area contributed by atoms with Gasteiger partial charge in [-0.3, -0.25) is 0 Å². The molecule has 104 valence electrons. The zero-order valence-electron chi connectivity index (χ0n) is 11.6. The highest BCUT2D eigenvalue weighted by Crippen LogP contribution is 2.33. The third-order valence-corrected chi connectivity index (χ3v) is 3.98. The minimum Gasteiger partial charge on any atom is -0.487 e. The van der Waals surface area contributed by atoms with Crippen LogP contribution in [0.1, 0.15) is 23.1 Å². The Hall–Kier alpha value is -1.67. The van der Waals surface area contributed by atoms with Gasteiger partial charge in [-0.15, -0.1) is 0 Å². The van der Waals surface area contributed by atoms with Crippen LogP contribution in [0.3, 0.4) is 0 Å². The molecular weight excluding hydrogens is 270 g/mol. The van der Waals surface area contributed by atoms with Crippen molar-refractivity contribution in [1.29, 1.82) is 0 Å². The Morgan fingerprint density at radius 3 is 3.00 bits per heavy atom. The molecule has 1 aliphatic heterocycles. The number of halogens is 1. The highest BCUT2D eigenvalue weighted by molar-refractivity contribution is 6.31. The molecule has 0 radical (unpaired) electrons. The summed E-state index contributed by atoms with van der Waals surface area (Å²) in [4.78, 5) is 0. The summed E-state index contributed by atoms with van der Waals surface area (Å²) in [5.74, 6) is 0.916. The van der Waals surface area contributed by atoms with Crippen LogP contribution in [0.4, 0.5) is 5.69 Å². The average molecular weight is 288 g/mol. The largest absolute Gasteiger partial charge is 0.487 e. The Morgan fingerprint density at radius 1 is 1.25 bits per heavy atom. The Balaban J connectivity index is 1.78. The number of ether oxygens (including phenoxy) is 1. The van der Waals surface area contributed by atoms with Gasteiger partial charge in [-0.2, -0.15) is 0 Å². The minimum absolute atomic E-state index is 0.497. The van der Waals surface area contributed by atoms with E-state index in [1.54, 1.807) is 0 Å². The van der Waals surface area contributed by atoms with Gasteiger partial charge in [0.15, 0.2) is 0 Å². The molecule has 0 fully saturated rings. The summed E-state index contributed by atoms with van der Waals surface area (Å²) in [5, 5.41) is 4.20. The monoisotopic (exact) mass is 287 g/mol. The molecule has 2 aromatic rings. The number of aryl methyl sites for hydroxylation is 2. The summed E-state index contributed by atoms with van der Waals surface area (Å²) in [7, 11) is 0. The molecule has 1 N–H and O–H groups in total. The van der Waals surface area contributed by atoms with Crippen LogP contribution in [0.2, 0.25) is 5.02 Å². The van der Waals surface area contributed by atoms with Crippen molar-refractivity contribution < 1.29 is 4.74 Å². The Morgan fingerprint density at radius 2 is 2.15 bits per heavy atom. The molecular formula is C17H18ClNO. The third-order valence-electron chi connectivity index (χ3n) is 3.63. The SMILES string of the molecule is Cc1ccc(COc2cccc3c2NCCC3)c(Cl)c1. The number of para-hydroxylation sites is 1. The number of hydrogen-bond acceptors (Lipinski definition) is 2. The number of fused-ring (bicyclic) bond motifs is 1. The van der Waals surface area contributed by atoms with E-state index >= 15 is 0 Å². The molecule has 1 aliphatic rings. The van der Waals surface area contributed by atoms with Gasteiger partial charge >= 0.3 is 0 Å². The number of hydrogen-bond donors (Lipinski definition) is 1. The molecule has 0 aromatic heterocycles. The molecule has 0 unspecified atom stereocenters. The van der Waals surface area contributed by atoms with Crippen LogP contribution in [0.15, 0.2) is 36.4 Å². The van der Waals surface area contributed by atoms with Crippen molar-refractivity contribution in [2.75, 3.05) is 11.9 Å². The van der Waals surface area contributed by atoms with Gasteiger partial charge in [-0.05, 0) is 43.0 Å². The van der Waals surface area contributed by atoms with Gasteiger partial charge in [0.2, 0.25) is 0 Å². The van der Waals surface area contributed by atoms with E-state index < -0.39 is 0 Å². The Bertz CT molecular complexity index is 624. The highest BCUT2D eigenvalue weighted by Gasteiger charge is 2.13. The molecule has 3 rings (SSSR count). The molecule has 0 amide bonds. The fraction of sp³-hybridized carbons (Fsp3) is 0.294. The quantitative estimate of drug-likeness (QED) is 0.892. The topological polar surface area (TPSA) is 21.3 Å². The summed E-state index contributed by atoms with van der Waals surface area (Å²) in [6.45, 7) is 3.55. The number of rotatable bonds is 3. The zero-order chi connectivity index (χ0) is 13.9. The lowest BCUT2D eigenvalue weighted by Crippen LogP contribution is -2.13. The maximum absolute atomic E-state index is 6.24. The standard InChI is InChI=1S/C17H18ClNO/c1-12-7-8-14(15(18)10-12)11-20-16-6-2-4-13-5-3-9-19-17(13)16/h2,4,6-8,10,19H,3,5,9,11H2,1H3. The number of nitrogens with one attached hydrogen (secondary N) is 1. The second kappa shape index (κ2) is 5.76. The van der Waals surface area contributed by atoms with E-state index in [2.05, 4.69) is 23.5 Å². The van der Waals surface area contributed by atoms with Crippen LogP contribution in [-0.4, -0.2) is 6.54 Å². The van der Waals surface area contributed by atoms with Gasteiger partial charge < -0.3 is 10.1 Å². The van der Waals surface area contributed by atoms with Crippen molar-refractivity contribution in [1.82, 2.24) is 0 Å². The molecule has 20 heavy (non-hydrogen) atoms.